The summed E-state index contributed by atoms with van der Waals surface area (Å²) in [7, 11) is -3.62. The SMILES string of the molecule is Cc1cn2nc([C@@H]3CCCCN3C(=O)c3cc(Cl)ccc3NS(C)(=O)=O)cc2nc1N1C[C@@H](O)[C@@H](N=[N+]=[N-])C1. The minimum absolute atomic E-state index is 0.167. The van der Waals surface area contributed by atoms with Crippen LogP contribution >= 0.6 is 11.6 Å². The number of aliphatic hydroxyl groups is 1. The summed E-state index contributed by atoms with van der Waals surface area (Å²) in [6.45, 7) is 3.02. The fourth-order valence-electron chi connectivity index (χ4n) is 5.24. The normalized spacial score (nSPS) is 21.7. The fourth-order valence-corrected chi connectivity index (χ4v) is 5.99. The molecule has 15 heteroatoms. The number of hydrogen-bond acceptors (Lipinski definition) is 8. The standard InChI is InChI=1S/C24H28ClN9O4S/c1-14-11-34-22(27-23(14)32-12-19(28-31-26)21(35)13-32)10-18(29-34)20-5-3-4-8-33(20)24(36)16-9-15(25)6-7-17(16)30-39(2,37)38/h6-7,9-11,19-21,30,35H,3-5,8,12-13H2,1-2H3/t19-,20-,21+/m0/s1. The smallest absolute Gasteiger partial charge is 0.256 e. The lowest BCUT2D eigenvalue weighted by molar-refractivity contribution is 0.0607. The van der Waals surface area contributed by atoms with E-state index in [9.17, 15) is 18.3 Å². The highest BCUT2D eigenvalue weighted by atomic mass is 35.5. The lowest BCUT2D eigenvalue weighted by Crippen LogP contribution is -2.39. The third kappa shape index (κ3) is 5.59. The van der Waals surface area contributed by atoms with Gasteiger partial charge in [0.05, 0.1) is 41.4 Å². The van der Waals surface area contributed by atoms with Crippen LogP contribution in [0.1, 0.15) is 46.9 Å². The molecule has 3 atom stereocenters. The van der Waals surface area contributed by atoms with E-state index >= 15 is 0 Å². The van der Waals surface area contributed by atoms with E-state index in [4.69, 9.17) is 27.2 Å². The predicted molar refractivity (Wildman–Crippen MR) is 146 cm³/mol. The van der Waals surface area contributed by atoms with Crippen molar-refractivity contribution in [3.8, 4) is 0 Å². The highest BCUT2D eigenvalue weighted by Crippen LogP contribution is 2.34. The van der Waals surface area contributed by atoms with Crippen molar-refractivity contribution in [2.75, 3.05) is 35.5 Å². The number of likely N-dealkylation sites (tertiary alicyclic amines) is 1. The lowest BCUT2D eigenvalue weighted by atomic mass is 9.98. The van der Waals surface area contributed by atoms with E-state index < -0.39 is 22.2 Å². The molecule has 206 valence electrons. The second-order valence-electron chi connectivity index (χ2n) is 9.94. The van der Waals surface area contributed by atoms with Gasteiger partial charge in [0.1, 0.15) is 5.82 Å². The van der Waals surface area contributed by atoms with E-state index in [1.54, 1.807) is 9.42 Å². The number of hydrogen-bond donors (Lipinski definition) is 2. The molecule has 4 heterocycles. The van der Waals surface area contributed by atoms with Crippen LogP contribution in [0.3, 0.4) is 0 Å². The maximum Gasteiger partial charge on any atom is 0.256 e. The maximum atomic E-state index is 13.8. The summed E-state index contributed by atoms with van der Waals surface area (Å²) in [5.74, 6) is 0.320. The van der Waals surface area contributed by atoms with Crippen molar-refractivity contribution in [3.63, 3.8) is 0 Å². The van der Waals surface area contributed by atoms with Gasteiger partial charge in [-0.1, -0.05) is 16.7 Å². The van der Waals surface area contributed by atoms with E-state index in [1.807, 2.05) is 24.1 Å². The second kappa shape index (κ2) is 10.5. The maximum absolute atomic E-state index is 13.8. The Labute approximate surface area is 230 Å². The average molecular weight is 574 g/mol. The molecule has 2 aliphatic rings. The number of carbonyl (C=O) groups excluding carboxylic acids is 1. The van der Waals surface area contributed by atoms with E-state index in [2.05, 4.69) is 14.7 Å². The van der Waals surface area contributed by atoms with Gasteiger partial charge in [-0.2, -0.15) is 5.10 Å². The average Bonchev–Trinajstić information content (AvgIpc) is 3.46. The summed E-state index contributed by atoms with van der Waals surface area (Å²) in [6.07, 6.45) is 4.47. The van der Waals surface area contributed by atoms with Gasteiger partial charge in [-0.3, -0.25) is 9.52 Å². The Balaban J connectivity index is 1.47. The molecule has 0 aliphatic carbocycles. The molecule has 5 rings (SSSR count). The van der Waals surface area contributed by atoms with Crippen molar-refractivity contribution in [2.24, 2.45) is 5.11 Å². The van der Waals surface area contributed by atoms with Gasteiger partial charge < -0.3 is 14.9 Å². The molecule has 39 heavy (non-hydrogen) atoms. The highest BCUT2D eigenvalue weighted by Gasteiger charge is 2.34. The van der Waals surface area contributed by atoms with E-state index in [1.165, 1.54) is 18.2 Å². The first-order valence-corrected chi connectivity index (χ1v) is 14.7. The molecule has 2 aromatic heterocycles. The number of azide groups is 1. The topological polar surface area (TPSA) is 169 Å². The summed E-state index contributed by atoms with van der Waals surface area (Å²) in [4.78, 5) is 25.0. The van der Waals surface area contributed by atoms with Crippen LogP contribution in [0.25, 0.3) is 16.1 Å². The zero-order valence-corrected chi connectivity index (χ0v) is 23.0. The first-order valence-electron chi connectivity index (χ1n) is 12.5. The minimum Gasteiger partial charge on any atom is -0.391 e. The highest BCUT2D eigenvalue weighted by molar-refractivity contribution is 7.92. The number of aromatic nitrogens is 3. The van der Waals surface area contributed by atoms with Gasteiger partial charge in [0, 0.05) is 47.4 Å². The number of nitrogens with one attached hydrogen (secondary N) is 1. The van der Waals surface area contributed by atoms with E-state index in [0.29, 0.717) is 48.2 Å². The van der Waals surface area contributed by atoms with Gasteiger partial charge in [-0.15, -0.1) is 0 Å². The van der Waals surface area contributed by atoms with Crippen LogP contribution in [-0.4, -0.2) is 77.0 Å². The van der Waals surface area contributed by atoms with Crippen LogP contribution in [0, 0.1) is 6.92 Å². The first kappa shape index (κ1) is 27.0. The number of nitrogens with zero attached hydrogens (tertiary/aromatic N) is 8. The lowest BCUT2D eigenvalue weighted by Gasteiger charge is -2.35. The van der Waals surface area contributed by atoms with E-state index in [0.717, 1.165) is 24.7 Å². The molecular weight excluding hydrogens is 546 g/mol. The largest absolute Gasteiger partial charge is 0.391 e. The van der Waals surface area contributed by atoms with Gasteiger partial charge in [0.15, 0.2) is 5.65 Å². The van der Waals surface area contributed by atoms with Crippen molar-refractivity contribution < 1.29 is 18.3 Å². The quantitative estimate of drug-likeness (QED) is 0.259. The molecular formula is C24H28ClN9O4S. The Morgan fingerprint density at radius 3 is 2.82 bits per heavy atom. The molecule has 1 aromatic carbocycles. The number of halogens is 1. The molecule has 0 radical (unpaired) electrons. The van der Waals surface area contributed by atoms with Crippen LogP contribution in [0.4, 0.5) is 11.5 Å². The number of piperidine rings is 1. The van der Waals surface area contributed by atoms with Crippen molar-refractivity contribution in [2.45, 2.75) is 44.4 Å². The van der Waals surface area contributed by atoms with Gasteiger partial charge in [-0.05, 0) is 49.9 Å². The Hall–Kier alpha value is -3.58. The number of sulfonamides is 1. The first-order chi connectivity index (χ1) is 18.5. The van der Waals surface area contributed by atoms with Crippen molar-refractivity contribution >= 4 is 44.7 Å². The Morgan fingerprint density at radius 1 is 1.28 bits per heavy atom. The molecule has 0 spiro atoms. The molecule has 0 bridgehead atoms. The number of aryl methyl sites for hydroxylation is 1. The summed E-state index contributed by atoms with van der Waals surface area (Å²) >= 11 is 6.18. The molecule has 2 aliphatic heterocycles. The molecule has 0 unspecified atom stereocenters. The molecule has 13 nitrogen and oxygen atoms in total. The van der Waals surface area contributed by atoms with Crippen molar-refractivity contribution in [1.29, 1.82) is 0 Å². The van der Waals surface area contributed by atoms with Crippen LogP contribution < -0.4 is 9.62 Å². The third-order valence-electron chi connectivity index (χ3n) is 6.99. The summed E-state index contributed by atoms with van der Waals surface area (Å²) < 4.78 is 27.9. The van der Waals surface area contributed by atoms with Crippen molar-refractivity contribution in [3.05, 3.63) is 62.7 Å². The summed E-state index contributed by atoms with van der Waals surface area (Å²) in [5.41, 5.74) is 11.2. The molecule has 2 saturated heterocycles. The van der Waals surface area contributed by atoms with Crippen LogP contribution in [0.2, 0.25) is 5.02 Å². The van der Waals surface area contributed by atoms with Gasteiger partial charge in [0.2, 0.25) is 10.0 Å². The van der Waals surface area contributed by atoms with Crippen molar-refractivity contribution in [1.82, 2.24) is 19.5 Å². The van der Waals surface area contributed by atoms with Gasteiger partial charge in [0.25, 0.3) is 5.91 Å². The predicted octanol–water partition coefficient (Wildman–Crippen LogP) is 3.29. The number of aliphatic hydroxyl groups excluding tert-OH is 1. The number of fused-ring (bicyclic) bond motifs is 1. The number of amides is 1. The summed E-state index contributed by atoms with van der Waals surface area (Å²) in [6, 6.07) is 5.42. The second-order valence-corrected chi connectivity index (χ2v) is 12.1. The Bertz CT molecular complexity index is 1590. The molecule has 1 amide bonds. The molecule has 2 N–H and O–H groups in total. The monoisotopic (exact) mass is 573 g/mol. The van der Waals surface area contributed by atoms with Gasteiger partial charge in [-0.25, -0.2) is 17.9 Å². The Morgan fingerprint density at radius 2 is 2.08 bits per heavy atom. The minimum atomic E-state index is -3.62. The number of β-amino-alcohol motifs (C(OH)–C–C–N with tert-alkyl or cyclic N) is 1. The summed E-state index contributed by atoms with van der Waals surface area (Å²) in [5, 5.41) is 19.0. The molecule has 2 fully saturated rings. The number of carbonyl (C=O) groups is 1. The molecule has 0 saturated carbocycles. The van der Waals surface area contributed by atoms with Crippen LogP contribution in [0.15, 0.2) is 35.6 Å². The number of anilines is 2. The molecule has 3 aromatic rings. The van der Waals surface area contributed by atoms with Gasteiger partial charge >= 0.3 is 0 Å². The number of rotatable bonds is 6. The van der Waals surface area contributed by atoms with Crippen LogP contribution in [0.5, 0.6) is 0 Å². The van der Waals surface area contributed by atoms with Crippen LogP contribution in [-0.2, 0) is 10.0 Å². The van der Waals surface area contributed by atoms with E-state index in [-0.39, 0.29) is 23.2 Å². The Kier molecular flexibility index (Phi) is 7.29. The zero-order valence-electron chi connectivity index (χ0n) is 21.4. The third-order valence-corrected chi connectivity index (χ3v) is 7.82. The zero-order chi connectivity index (χ0) is 27.9. The fraction of sp³-hybridized carbons (Fsp3) is 0.458. The number of benzene rings is 1.